The minimum absolute atomic E-state index is 0.0713. The van der Waals surface area contributed by atoms with Crippen molar-refractivity contribution in [3.05, 3.63) is 0 Å². The lowest BCUT2D eigenvalue weighted by molar-refractivity contribution is -0.183. The molecule has 2 aliphatic rings. The van der Waals surface area contributed by atoms with E-state index in [1.807, 2.05) is 0 Å². The molecule has 0 saturated carbocycles. The number of carboxylic acid groups (broad SMARTS) is 2. The molecule has 10 heteroatoms. The predicted molar refractivity (Wildman–Crippen MR) is 55.0 cm³/mol. The van der Waals surface area contributed by atoms with Gasteiger partial charge in [-0.1, -0.05) is 0 Å². The van der Waals surface area contributed by atoms with Crippen molar-refractivity contribution in [3.63, 3.8) is 0 Å². The highest BCUT2D eigenvalue weighted by molar-refractivity contribution is 5.80. The van der Waals surface area contributed by atoms with E-state index in [4.69, 9.17) is 24.4 Å². The van der Waals surface area contributed by atoms with Crippen molar-refractivity contribution in [2.75, 3.05) is 26.4 Å². The maximum atomic E-state index is 11.7. The number of carbonyl (C=O) groups excluding carboxylic acids is 1. The molecule has 2 amide bonds. The quantitative estimate of drug-likeness (QED) is 0.625. The van der Waals surface area contributed by atoms with Gasteiger partial charge in [0.15, 0.2) is 0 Å². The minimum atomic E-state index is -1.33. The molecule has 2 N–H and O–H groups in total. The van der Waals surface area contributed by atoms with E-state index in [0.29, 0.717) is 0 Å². The van der Waals surface area contributed by atoms with Crippen molar-refractivity contribution in [3.8, 4) is 0 Å². The summed E-state index contributed by atoms with van der Waals surface area (Å²) >= 11 is 0. The Morgan fingerprint density at radius 2 is 1.89 bits per heavy atom. The molecular formula is C9H12N2O8. The first-order chi connectivity index (χ1) is 8.99. The summed E-state index contributed by atoms with van der Waals surface area (Å²) in [5, 5.41) is 17.5. The Labute approximate surface area is 107 Å². The van der Waals surface area contributed by atoms with Gasteiger partial charge in [-0.15, -0.1) is 0 Å². The lowest BCUT2D eigenvalue weighted by atomic mass is 10.5. The zero-order valence-electron chi connectivity index (χ0n) is 9.72. The van der Waals surface area contributed by atoms with Crippen molar-refractivity contribution in [2.45, 2.75) is 12.5 Å². The van der Waals surface area contributed by atoms with Gasteiger partial charge in [0.05, 0.1) is 19.7 Å². The summed E-state index contributed by atoms with van der Waals surface area (Å²) in [6.07, 6.45) is -4.87. The van der Waals surface area contributed by atoms with E-state index in [1.165, 1.54) is 0 Å². The van der Waals surface area contributed by atoms with Crippen molar-refractivity contribution in [2.24, 2.45) is 0 Å². The summed E-state index contributed by atoms with van der Waals surface area (Å²) in [7, 11) is 0. The highest BCUT2D eigenvalue weighted by Crippen LogP contribution is 2.15. The monoisotopic (exact) mass is 276 g/mol. The molecule has 2 fully saturated rings. The van der Waals surface area contributed by atoms with Gasteiger partial charge in [-0.3, -0.25) is 9.80 Å². The Hall–Kier alpha value is -2.07. The maximum Gasteiger partial charge on any atom is 0.409 e. The fraction of sp³-hybridized carbons (Fsp3) is 0.667. The number of esters is 1. The van der Waals surface area contributed by atoms with Crippen molar-refractivity contribution in [1.82, 2.24) is 9.80 Å². The molecule has 0 aromatic carbocycles. The lowest BCUT2D eigenvalue weighted by Gasteiger charge is -2.20. The summed E-state index contributed by atoms with van der Waals surface area (Å²) in [5.41, 5.74) is 0. The Bertz CT molecular complexity index is 400. The van der Waals surface area contributed by atoms with E-state index >= 15 is 0 Å². The summed E-state index contributed by atoms with van der Waals surface area (Å²) in [6.45, 7) is -0.164. The van der Waals surface area contributed by atoms with Crippen LogP contribution >= 0.6 is 0 Å². The van der Waals surface area contributed by atoms with Gasteiger partial charge < -0.3 is 24.4 Å². The minimum Gasteiger partial charge on any atom is -0.465 e. The zero-order valence-corrected chi connectivity index (χ0v) is 9.72. The number of ether oxygens (including phenoxy) is 3. The SMILES string of the molecule is O=C(OC1CN(C(=O)O)CO1)C1OCCN1C(=O)O. The number of nitrogens with zero attached hydrogens (tertiary/aromatic N) is 2. The van der Waals surface area contributed by atoms with Crippen LogP contribution in [0.4, 0.5) is 9.59 Å². The van der Waals surface area contributed by atoms with Gasteiger partial charge in [0.2, 0.25) is 12.5 Å². The van der Waals surface area contributed by atoms with Crippen LogP contribution in [-0.2, 0) is 19.0 Å². The highest BCUT2D eigenvalue weighted by atomic mass is 16.7. The molecule has 0 aliphatic carbocycles. The van der Waals surface area contributed by atoms with Gasteiger partial charge in [0, 0.05) is 0 Å². The smallest absolute Gasteiger partial charge is 0.409 e. The molecule has 0 aromatic rings. The molecule has 2 heterocycles. The van der Waals surface area contributed by atoms with Gasteiger partial charge in [0.25, 0.3) is 0 Å². The molecule has 2 saturated heterocycles. The lowest BCUT2D eigenvalue weighted by Crippen LogP contribution is -2.43. The van der Waals surface area contributed by atoms with Crippen LogP contribution in [0.5, 0.6) is 0 Å². The standard InChI is InChI=1S/C9H12N2O8/c12-7(6-11(9(15)16)1-2-17-6)19-5-3-10(4-18-5)8(13)14/h5-6H,1-4H2,(H,13,14)(H,15,16). The Morgan fingerprint density at radius 1 is 1.16 bits per heavy atom. The maximum absolute atomic E-state index is 11.7. The third-order valence-electron chi connectivity index (χ3n) is 2.64. The number of carbonyl (C=O) groups is 3. The molecule has 0 spiro atoms. The van der Waals surface area contributed by atoms with Crippen molar-refractivity contribution < 1.29 is 38.8 Å². The second-order valence-electron chi connectivity index (χ2n) is 3.87. The van der Waals surface area contributed by atoms with Crippen LogP contribution in [0.3, 0.4) is 0 Å². The number of amides is 2. The van der Waals surface area contributed by atoms with Crippen LogP contribution in [-0.4, -0.2) is 77.1 Å². The number of hydrogen-bond acceptors (Lipinski definition) is 6. The average Bonchev–Trinajstić information content (AvgIpc) is 2.96. The van der Waals surface area contributed by atoms with Crippen LogP contribution in [0.25, 0.3) is 0 Å². The molecular weight excluding hydrogens is 264 g/mol. The second-order valence-corrected chi connectivity index (χ2v) is 3.87. The Morgan fingerprint density at radius 3 is 2.47 bits per heavy atom. The average molecular weight is 276 g/mol. The summed E-state index contributed by atoms with van der Waals surface area (Å²) in [5.74, 6) is -0.919. The normalized spacial score (nSPS) is 26.5. The Kier molecular flexibility index (Phi) is 3.71. The molecule has 10 nitrogen and oxygen atoms in total. The predicted octanol–water partition coefficient (Wildman–Crippen LogP) is -0.840. The molecule has 0 radical (unpaired) electrons. The van der Waals surface area contributed by atoms with Crippen LogP contribution < -0.4 is 0 Å². The molecule has 0 aromatic heterocycles. The highest BCUT2D eigenvalue weighted by Gasteiger charge is 2.39. The van der Waals surface area contributed by atoms with Gasteiger partial charge in [-0.05, 0) is 0 Å². The first-order valence-electron chi connectivity index (χ1n) is 5.40. The zero-order chi connectivity index (χ0) is 14.0. The molecule has 2 aliphatic heterocycles. The van der Waals surface area contributed by atoms with Crippen LogP contribution in [0.1, 0.15) is 0 Å². The summed E-state index contributed by atoms with van der Waals surface area (Å²) < 4.78 is 14.8. The number of rotatable bonds is 2. The van der Waals surface area contributed by atoms with Gasteiger partial charge in [-0.25, -0.2) is 14.4 Å². The molecule has 2 atom stereocenters. The Balaban J connectivity index is 1.88. The first kappa shape index (κ1) is 13.4. The van der Waals surface area contributed by atoms with Crippen molar-refractivity contribution >= 4 is 18.2 Å². The van der Waals surface area contributed by atoms with E-state index in [1.54, 1.807) is 0 Å². The molecule has 106 valence electrons. The van der Waals surface area contributed by atoms with E-state index in [2.05, 4.69) is 0 Å². The van der Waals surface area contributed by atoms with E-state index in [-0.39, 0.29) is 26.4 Å². The largest absolute Gasteiger partial charge is 0.465 e. The topological polar surface area (TPSA) is 126 Å². The molecule has 2 unspecified atom stereocenters. The van der Waals surface area contributed by atoms with Gasteiger partial charge >= 0.3 is 18.2 Å². The van der Waals surface area contributed by atoms with Gasteiger partial charge in [-0.2, -0.15) is 0 Å². The third kappa shape index (κ3) is 2.85. The second kappa shape index (κ2) is 5.28. The fourth-order valence-corrected chi connectivity index (χ4v) is 1.71. The number of hydrogen-bond donors (Lipinski definition) is 2. The van der Waals surface area contributed by atoms with E-state index in [0.717, 1.165) is 9.80 Å². The van der Waals surface area contributed by atoms with Crippen LogP contribution in [0, 0.1) is 0 Å². The van der Waals surface area contributed by atoms with Gasteiger partial charge in [0.1, 0.15) is 6.73 Å². The third-order valence-corrected chi connectivity index (χ3v) is 2.64. The van der Waals surface area contributed by atoms with E-state index in [9.17, 15) is 14.4 Å². The molecule has 0 bridgehead atoms. The van der Waals surface area contributed by atoms with E-state index < -0.39 is 30.7 Å². The fourth-order valence-electron chi connectivity index (χ4n) is 1.71. The van der Waals surface area contributed by atoms with Crippen molar-refractivity contribution in [1.29, 1.82) is 0 Å². The van der Waals surface area contributed by atoms with Crippen LogP contribution in [0.2, 0.25) is 0 Å². The summed E-state index contributed by atoms with van der Waals surface area (Å²) in [6, 6.07) is 0. The first-order valence-corrected chi connectivity index (χ1v) is 5.40. The van der Waals surface area contributed by atoms with Crippen LogP contribution in [0.15, 0.2) is 0 Å². The molecule has 19 heavy (non-hydrogen) atoms. The molecule has 2 rings (SSSR count). The summed E-state index contributed by atoms with van der Waals surface area (Å²) in [4.78, 5) is 34.9.